The first-order valence-corrected chi connectivity index (χ1v) is 11.8. The maximum absolute atomic E-state index is 12.5. The van der Waals surface area contributed by atoms with Crippen molar-refractivity contribution in [2.75, 3.05) is 12.4 Å². The summed E-state index contributed by atoms with van der Waals surface area (Å²) in [7, 11) is 0. The van der Waals surface area contributed by atoms with Gasteiger partial charge >= 0.3 is 0 Å². The van der Waals surface area contributed by atoms with E-state index in [1.165, 1.54) is 22.2 Å². The number of thioether (sulfide) groups is 1. The number of benzene rings is 1. The van der Waals surface area contributed by atoms with Gasteiger partial charge in [0.2, 0.25) is 5.91 Å². The van der Waals surface area contributed by atoms with Gasteiger partial charge in [-0.3, -0.25) is 4.79 Å². The van der Waals surface area contributed by atoms with E-state index in [1.807, 2.05) is 19.1 Å². The molecule has 0 unspecified atom stereocenters. The molecular weight excluding hydrogens is 418 g/mol. The van der Waals surface area contributed by atoms with Crippen LogP contribution in [0.1, 0.15) is 35.4 Å². The van der Waals surface area contributed by atoms with E-state index in [0.717, 1.165) is 44.3 Å². The summed E-state index contributed by atoms with van der Waals surface area (Å²) in [4.78, 5) is 23.5. The maximum Gasteiger partial charge on any atom is 0.230 e. The zero-order valence-electron chi connectivity index (χ0n) is 17.6. The second-order valence-electron chi connectivity index (χ2n) is 7.34. The van der Waals surface area contributed by atoms with E-state index in [4.69, 9.17) is 9.47 Å². The summed E-state index contributed by atoms with van der Waals surface area (Å²) in [6, 6.07) is 4.03. The van der Waals surface area contributed by atoms with Crippen LogP contribution in [0.3, 0.4) is 0 Å². The van der Waals surface area contributed by atoms with E-state index in [1.54, 1.807) is 17.7 Å². The molecule has 4 rings (SSSR count). The minimum atomic E-state index is -0.0476. The Morgan fingerprint density at radius 1 is 1.37 bits per heavy atom. The van der Waals surface area contributed by atoms with Crippen LogP contribution in [0, 0.1) is 13.8 Å². The number of hydrogen-bond acceptors (Lipinski definition) is 7. The number of carbonyl (C=O) groups is 1. The highest BCUT2D eigenvalue weighted by molar-refractivity contribution is 8.00. The Bertz CT molecular complexity index is 1100. The molecule has 1 amide bonds. The summed E-state index contributed by atoms with van der Waals surface area (Å²) in [5.41, 5.74) is 3.27. The van der Waals surface area contributed by atoms with Gasteiger partial charge in [0, 0.05) is 34.4 Å². The number of aromatic nitrogens is 2. The SMILES string of the molecule is CCOc1cc2c(cc1CNC(=O)CSc1ncnc3sc(C)c(C)c13)O[C@H](C)C2. The third-order valence-electron chi connectivity index (χ3n) is 5.13. The highest BCUT2D eigenvalue weighted by Crippen LogP contribution is 2.36. The van der Waals surface area contributed by atoms with Gasteiger partial charge < -0.3 is 14.8 Å². The second kappa shape index (κ2) is 8.81. The minimum Gasteiger partial charge on any atom is -0.494 e. The van der Waals surface area contributed by atoms with Crippen molar-refractivity contribution in [2.45, 2.75) is 51.8 Å². The molecule has 0 radical (unpaired) electrons. The third kappa shape index (κ3) is 4.25. The van der Waals surface area contributed by atoms with Crippen LogP contribution in [0.2, 0.25) is 0 Å². The van der Waals surface area contributed by atoms with Gasteiger partial charge in [0.05, 0.1) is 12.4 Å². The highest BCUT2D eigenvalue weighted by atomic mass is 32.2. The molecule has 0 saturated carbocycles. The fourth-order valence-corrected chi connectivity index (χ4v) is 5.49. The van der Waals surface area contributed by atoms with Gasteiger partial charge in [-0.15, -0.1) is 11.3 Å². The number of rotatable bonds is 7. The number of hydrogen-bond donors (Lipinski definition) is 1. The Balaban J connectivity index is 1.42. The Morgan fingerprint density at radius 3 is 3.00 bits per heavy atom. The molecule has 3 aromatic rings. The molecule has 1 aliphatic rings. The molecule has 0 saturated heterocycles. The molecule has 0 aliphatic carbocycles. The predicted octanol–water partition coefficient (Wildman–Crippen LogP) is 4.44. The van der Waals surface area contributed by atoms with Crippen LogP contribution in [0.15, 0.2) is 23.5 Å². The Morgan fingerprint density at radius 2 is 2.20 bits per heavy atom. The number of fused-ring (bicyclic) bond motifs is 2. The average Bonchev–Trinajstić information content (AvgIpc) is 3.22. The molecule has 1 N–H and O–H groups in total. The third-order valence-corrected chi connectivity index (χ3v) is 7.23. The summed E-state index contributed by atoms with van der Waals surface area (Å²) in [6.45, 7) is 9.15. The average molecular weight is 444 g/mol. The molecule has 3 heterocycles. The van der Waals surface area contributed by atoms with Crippen molar-refractivity contribution in [3.05, 3.63) is 40.0 Å². The van der Waals surface area contributed by atoms with Crippen molar-refractivity contribution in [2.24, 2.45) is 0 Å². The van der Waals surface area contributed by atoms with Gasteiger partial charge in [0.1, 0.15) is 33.8 Å². The molecule has 1 atom stereocenters. The van der Waals surface area contributed by atoms with Gasteiger partial charge in [-0.1, -0.05) is 11.8 Å². The quantitative estimate of drug-likeness (QED) is 0.430. The highest BCUT2D eigenvalue weighted by Gasteiger charge is 2.22. The zero-order chi connectivity index (χ0) is 21.3. The molecular formula is C22H25N3O3S2. The predicted molar refractivity (Wildman–Crippen MR) is 121 cm³/mol. The molecule has 0 bridgehead atoms. The van der Waals surface area contributed by atoms with Crippen LogP contribution < -0.4 is 14.8 Å². The van der Waals surface area contributed by atoms with Crippen LogP contribution in [-0.2, 0) is 17.8 Å². The lowest BCUT2D eigenvalue weighted by molar-refractivity contribution is -0.118. The first kappa shape index (κ1) is 20.9. The Labute approximate surface area is 184 Å². The lowest BCUT2D eigenvalue weighted by Gasteiger charge is -2.13. The molecule has 30 heavy (non-hydrogen) atoms. The van der Waals surface area contributed by atoms with Crippen LogP contribution in [-0.4, -0.2) is 34.3 Å². The van der Waals surface area contributed by atoms with Crippen LogP contribution >= 0.6 is 23.1 Å². The summed E-state index contributed by atoms with van der Waals surface area (Å²) in [5, 5.41) is 4.91. The van der Waals surface area contributed by atoms with Gasteiger partial charge in [-0.2, -0.15) is 0 Å². The Kier molecular flexibility index (Phi) is 6.15. The largest absolute Gasteiger partial charge is 0.494 e. The molecule has 0 spiro atoms. The molecule has 2 aromatic heterocycles. The summed E-state index contributed by atoms with van der Waals surface area (Å²) < 4.78 is 11.7. The number of amides is 1. The van der Waals surface area contributed by atoms with Crippen LogP contribution in [0.25, 0.3) is 10.2 Å². The second-order valence-corrected chi connectivity index (χ2v) is 9.51. The summed E-state index contributed by atoms with van der Waals surface area (Å²) >= 11 is 3.10. The molecule has 158 valence electrons. The lowest BCUT2D eigenvalue weighted by Crippen LogP contribution is -2.25. The van der Waals surface area contributed by atoms with E-state index in [-0.39, 0.29) is 12.0 Å². The van der Waals surface area contributed by atoms with Crippen molar-refractivity contribution in [3.8, 4) is 11.5 Å². The number of thiophene rings is 1. The first-order valence-electron chi connectivity index (χ1n) is 10.0. The maximum atomic E-state index is 12.5. The van der Waals surface area contributed by atoms with E-state index < -0.39 is 0 Å². The summed E-state index contributed by atoms with van der Waals surface area (Å²) in [6.07, 6.45) is 2.62. The number of nitrogens with one attached hydrogen (secondary N) is 1. The number of ether oxygens (including phenoxy) is 2. The minimum absolute atomic E-state index is 0.0476. The van der Waals surface area contributed by atoms with Crippen molar-refractivity contribution in [1.29, 1.82) is 0 Å². The summed E-state index contributed by atoms with van der Waals surface area (Å²) in [5.74, 6) is 1.94. The number of aryl methyl sites for hydroxylation is 2. The molecule has 0 fully saturated rings. The molecule has 1 aliphatic heterocycles. The van der Waals surface area contributed by atoms with E-state index in [0.29, 0.717) is 18.9 Å². The number of nitrogens with zero attached hydrogens (tertiary/aromatic N) is 2. The van der Waals surface area contributed by atoms with Gasteiger partial charge in [-0.25, -0.2) is 9.97 Å². The van der Waals surface area contributed by atoms with E-state index in [9.17, 15) is 4.79 Å². The Hall–Kier alpha value is -2.32. The molecule has 1 aromatic carbocycles. The topological polar surface area (TPSA) is 73.3 Å². The van der Waals surface area contributed by atoms with Crippen molar-refractivity contribution >= 4 is 39.2 Å². The lowest BCUT2D eigenvalue weighted by atomic mass is 10.1. The van der Waals surface area contributed by atoms with Crippen molar-refractivity contribution < 1.29 is 14.3 Å². The van der Waals surface area contributed by atoms with E-state index >= 15 is 0 Å². The monoisotopic (exact) mass is 443 g/mol. The number of carbonyl (C=O) groups excluding carboxylic acids is 1. The van der Waals surface area contributed by atoms with Gasteiger partial charge in [0.25, 0.3) is 0 Å². The zero-order valence-corrected chi connectivity index (χ0v) is 19.2. The van der Waals surface area contributed by atoms with Crippen LogP contribution in [0.4, 0.5) is 0 Å². The van der Waals surface area contributed by atoms with Gasteiger partial charge in [0.15, 0.2) is 0 Å². The fourth-order valence-electron chi connectivity index (χ4n) is 3.55. The van der Waals surface area contributed by atoms with Gasteiger partial charge in [-0.05, 0) is 45.4 Å². The van der Waals surface area contributed by atoms with Crippen molar-refractivity contribution in [3.63, 3.8) is 0 Å². The van der Waals surface area contributed by atoms with Crippen molar-refractivity contribution in [1.82, 2.24) is 15.3 Å². The molecule has 8 heteroatoms. The first-order chi connectivity index (χ1) is 14.5. The fraction of sp³-hybridized carbons (Fsp3) is 0.409. The standard InChI is InChI=1S/C22H25N3O3S2/c1-5-27-17-7-15-6-12(2)28-18(15)8-16(17)9-23-19(26)10-29-21-20-13(3)14(4)30-22(20)25-11-24-21/h7-8,11-12H,5-6,9-10H2,1-4H3,(H,23,26)/t12-/m1/s1. The van der Waals surface area contributed by atoms with E-state index in [2.05, 4.69) is 36.1 Å². The van der Waals surface area contributed by atoms with Crippen LogP contribution in [0.5, 0.6) is 11.5 Å². The molecule has 6 nitrogen and oxygen atoms in total. The normalized spacial score (nSPS) is 15.1. The smallest absolute Gasteiger partial charge is 0.230 e.